The van der Waals surface area contributed by atoms with Crippen LogP contribution in [0.15, 0.2) is 65.4 Å². The third kappa shape index (κ3) is 4.21. The summed E-state index contributed by atoms with van der Waals surface area (Å²) in [6.07, 6.45) is 1.58. The number of hydrogen-bond acceptors (Lipinski definition) is 7. The predicted octanol–water partition coefficient (Wildman–Crippen LogP) is 5.41. The van der Waals surface area contributed by atoms with Crippen molar-refractivity contribution < 1.29 is 4.52 Å². The molecule has 0 amide bonds. The van der Waals surface area contributed by atoms with Gasteiger partial charge in [0.05, 0.1) is 5.02 Å². The minimum absolute atomic E-state index is 0.594. The van der Waals surface area contributed by atoms with Crippen LogP contribution < -0.4 is 4.90 Å². The highest BCUT2D eigenvalue weighted by Crippen LogP contribution is 2.34. The Labute approximate surface area is 218 Å². The number of rotatable bonds is 5. The topological polar surface area (TPSA) is 76.1 Å². The lowest BCUT2D eigenvalue weighted by Crippen LogP contribution is -2.46. The maximum Gasteiger partial charge on any atom is 0.183 e. The van der Waals surface area contributed by atoms with E-state index in [4.69, 9.17) is 32.7 Å². The number of aromatic nitrogens is 5. The SMILES string of the molecule is Cc1cc(-n2c(-c3ccccc3Cl)nc3c(N4CCN(Cc5ccccc5Cl)CC4)ncnc32)no1. The van der Waals surface area contributed by atoms with Crippen molar-refractivity contribution in [1.82, 2.24) is 29.6 Å². The van der Waals surface area contributed by atoms with Crippen molar-refractivity contribution >= 4 is 40.2 Å². The quantitative estimate of drug-likeness (QED) is 0.307. The van der Waals surface area contributed by atoms with Crippen LogP contribution in [0.25, 0.3) is 28.4 Å². The zero-order valence-electron chi connectivity index (χ0n) is 19.6. The average Bonchev–Trinajstić information content (AvgIpc) is 3.49. The Morgan fingerprint density at radius 3 is 2.39 bits per heavy atom. The summed E-state index contributed by atoms with van der Waals surface area (Å²) in [5.41, 5.74) is 3.28. The molecule has 1 fully saturated rings. The Morgan fingerprint density at radius 2 is 1.67 bits per heavy atom. The number of halogens is 2. The number of anilines is 1. The molecule has 1 saturated heterocycles. The summed E-state index contributed by atoms with van der Waals surface area (Å²) < 4.78 is 7.25. The number of hydrogen-bond donors (Lipinski definition) is 0. The molecule has 2 aromatic carbocycles. The molecular formula is C26H23Cl2N7O. The molecule has 1 aliphatic heterocycles. The van der Waals surface area contributed by atoms with Gasteiger partial charge in [0.15, 0.2) is 22.8 Å². The maximum atomic E-state index is 6.57. The van der Waals surface area contributed by atoms with Crippen LogP contribution in [0.2, 0.25) is 10.0 Å². The van der Waals surface area contributed by atoms with Gasteiger partial charge in [-0.3, -0.25) is 9.47 Å². The van der Waals surface area contributed by atoms with Crippen LogP contribution in [0.1, 0.15) is 11.3 Å². The number of fused-ring (bicyclic) bond motifs is 1. The molecule has 5 aromatic rings. The second-order valence-corrected chi connectivity index (χ2v) is 9.58. The van der Waals surface area contributed by atoms with E-state index in [-0.39, 0.29) is 0 Å². The minimum atomic E-state index is 0.594. The first-order valence-corrected chi connectivity index (χ1v) is 12.5. The molecule has 1 aliphatic rings. The van der Waals surface area contributed by atoms with E-state index in [2.05, 4.69) is 31.0 Å². The van der Waals surface area contributed by atoms with Crippen LogP contribution in [0.3, 0.4) is 0 Å². The second-order valence-electron chi connectivity index (χ2n) is 8.77. The average molecular weight is 520 g/mol. The molecule has 0 N–H and O–H groups in total. The van der Waals surface area contributed by atoms with Crippen molar-refractivity contribution in [2.24, 2.45) is 0 Å². The normalized spacial score (nSPS) is 14.6. The van der Waals surface area contributed by atoms with Gasteiger partial charge < -0.3 is 9.42 Å². The van der Waals surface area contributed by atoms with Crippen molar-refractivity contribution in [2.45, 2.75) is 13.5 Å². The van der Waals surface area contributed by atoms with Crippen LogP contribution in [-0.4, -0.2) is 55.8 Å². The van der Waals surface area contributed by atoms with E-state index in [1.54, 1.807) is 6.33 Å². The molecule has 0 atom stereocenters. The van der Waals surface area contributed by atoms with E-state index in [0.29, 0.717) is 33.6 Å². The fourth-order valence-corrected chi connectivity index (χ4v) is 5.01. The number of piperazine rings is 1. The Hall–Kier alpha value is -3.46. The summed E-state index contributed by atoms with van der Waals surface area (Å²) in [5, 5.41) is 5.63. The van der Waals surface area contributed by atoms with Crippen LogP contribution in [0.4, 0.5) is 5.82 Å². The summed E-state index contributed by atoms with van der Waals surface area (Å²) in [6.45, 7) is 6.08. The van der Waals surface area contributed by atoms with Crippen molar-refractivity contribution in [1.29, 1.82) is 0 Å². The highest BCUT2D eigenvalue weighted by Gasteiger charge is 2.26. The summed E-state index contributed by atoms with van der Waals surface area (Å²) >= 11 is 13.0. The van der Waals surface area contributed by atoms with Gasteiger partial charge >= 0.3 is 0 Å². The van der Waals surface area contributed by atoms with Gasteiger partial charge in [0.1, 0.15) is 17.9 Å². The fraction of sp³-hybridized carbons (Fsp3) is 0.231. The molecule has 0 spiro atoms. The van der Waals surface area contributed by atoms with E-state index in [0.717, 1.165) is 54.7 Å². The predicted molar refractivity (Wildman–Crippen MR) is 141 cm³/mol. The number of aryl methyl sites for hydroxylation is 1. The molecule has 36 heavy (non-hydrogen) atoms. The largest absolute Gasteiger partial charge is 0.360 e. The molecular weight excluding hydrogens is 497 g/mol. The third-order valence-corrected chi connectivity index (χ3v) is 7.11. The van der Waals surface area contributed by atoms with E-state index >= 15 is 0 Å². The standard InChI is InChI=1S/C26H23Cl2N7O/c1-17-14-22(32-36-17)35-24(19-7-3-5-9-21(19)28)31-23-25(29-16-30-26(23)35)34-12-10-33(11-13-34)15-18-6-2-4-8-20(18)27/h2-9,14,16H,10-13,15H2,1H3. The van der Waals surface area contributed by atoms with Gasteiger partial charge in [-0.25, -0.2) is 15.0 Å². The molecule has 0 saturated carbocycles. The van der Waals surface area contributed by atoms with Crippen LogP contribution >= 0.6 is 23.2 Å². The molecule has 0 unspecified atom stereocenters. The van der Waals surface area contributed by atoms with Gasteiger partial charge in [0.2, 0.25) is 0 Å². The number of nitrogens with zero attached hydrogens (tertiary/aromatic N) is 7. The molecule has 0 bridgehead atoms. The molecule has 6 rings (SSSR count). The van der Waals surface area contributed by atoms with Crippen molar-refractivity contribution in [3.8, 4) is 17.2 Å². The van der Waals surface area contributed by atoms with E-state index < -0.39 is 0 Å². The van der Waals surface area contributed by atoms with E-state index in [9.17, 15) is 0 Å². The first-order chi connectivity index (χ1) is 17.6. The molecule has 0 radical (unpaired) electrons. The smallest absolute Gasteiger partial charge is 0.183 e. The Kier molecular flexibility index (Phi) is 6.08. The minimum Gasteiger partial charge on any atom is -0.360 e. The van der Waals surface area contributed by atoms with Crippen LogP contribution in [0.5, 0.6) is 0 Å². The highest BCUT2D eigenvalue weighted by molar-refractivity contribution is 6.33. The monoisotopic (exact) mass is 519 g/mol. The van der Waals surface area contributed by atoms with Gasteiger partial charge in [-0.05, 0) is 30.7 Å². The lowest BCUT2D eigenvalue weighted by molar-refractivity contribution is 0.249. The third-order valence-electron chi connectivity index (χ3n) is 6.41. The first kappa shape index (κ1) is 23.0. The second kappa shape index (κ2) is 9.54. The van der Waals surface area contributed by atoms with Crippen LogP contribution in [-0.2, 0) is 6.54 Å². The van der Waals surface area contributed by atoms with E-state index in [1.807, 2.05) is 60.0 Å². The van der Waals surface area contributed by atoms with Gasteiger partial charge in [-0.2, -0.15) is 0 Å². The first-order valence-electron chi connectivity index (χ1n) is 11.7. The molecule has 3 aromatic heterocycles. The van der Waals surface area contributed by atoms with Crippen LogP contribution in [0, 0.1) is 6.92 Å². The molecule has 8 nitrogen and oxygen atoms in total. The number of imidazole rings is 1. The molecule has 182 valence electrons. The summed E-state index contributed by atoms with van der Waals surface area (Å²) in [6, 6.07) is 17.5. The lowest BCUT2D eigenvalue weighted by atomic mass is 10.2. The lowest BCUT2D eigenvalue weighted by Gasteiger charge is -2.35. The fourth-order valence-electron chi connectivity index (χ4n) is 4.60. The molecule has 10 heteroatoms. The van der Waals surface area contributed by atoms with Gasteiger partial charge in [-0.15, -0.1) is 0 Å². The summed E-state index contributed by atoms with van der Waals surface area (Å²) in [4.78, 5) is 18.9. The van der Waals surface area contributed by atoms with Crippen molar-refractivity contribution in [2.75, 3.05) is 31.1 Å². The Balaban J connectivity index is 1.36. The summed E-state index contributed by atoms with van der Waals surface area (Å²) in [5.74, 6) is 2.73. The Morgan fingerprint density at radius 1 is 0.917 bits per heavy atom. The highest BCUT2D eigenvalue weighted by atomic mass is 35.5. The zero-order chi connectivity index (χ0) is 24.6. The van der Waals surface area contributed by atoms with Crippen molar-refractivity contribution in [3.63, 3.8) is 0 Å². The van der Waals surface area contributed by atoms with E-state index in [1.165, 1.54) is 0 Å². The molecule has 0 aliphatic carbocycles. The molecule has 4 heterocycles. The van der Waals surface area contributed by atoms with Gasteiger partial charge in [0.25, 0.3) is 0 Å². The Bertz CT molecular complexity index is 1540. The van der Waals surface area contributed by atoms with Gasteiger partial charge in [-0.1, -0.05) is 58.7 Å². The zero-order valence-corrected chi connectivity index (χ0v) is 21.1. The summed E-state index contributed by atoms with van der Waals surface area (Å²) in [7, 11) is 0. The number of benzene rings is 2. The maximum absolute atomic E-state index is 6.57. The van der Waals surface area contributed by atoms with Crippen molar-refractivity contribution in [3.05, 3.63) is 82.3 Å². The van der Waals surface area contributed by atoms with Gasteiger partial charge in [0, 0.05) is 49.4 Å².